The number of urea groups is 1. The molecule has 2 aromatic heterocycles. The van der Waals surface area contributed by atoms with E-state index in [1.165, 1.54) is 29.2 Å². The quantitative estimate of drug-likeness (QED) is 0.633. The fraction of sp³-hybridized carbons (Fsp3) is 0. The van der Waals surface area contributed by atoms with Gasteiger partial charge in [0.15, 0.2) is 5.69 Å². The average molecular weight is 337 g/mol. The van der Waals surface area contributed by atoms with Crippen LogP contribution in [0.25, 0.3) is 0 Å². The first-order chi connectivity index (χ1) is 12.1. The van der Waals surface area contributed by atoms with Gasteiger partial charge in [0.05, 0.1) is 0 Å². The lowest BCUT2D eigenvalue weighted by atomic mass is 10.3. The van der Waals surface area contributed by atoms with Crippen LogP contribution in [0.15, 0.2) is 73.1 Å². The first-order valence-electron chi connectivity index (χ1n) is 7.42. The molecule has 3 N–H and O–H groups in total. The largest absolute Gasteiger partial charge is 0.595 e. The number of anilines is 3. The third-order valence-electron chi connectivity index (χ3n) is 3.34. The number of hydrogen-bond acceptors (Lipinski definition) is 5. The Hall–Kier alpha value is -3.33. The van der Waals surface area contributed by atoms with Crippen LogP contribution < -0.4 is 15.4 Å². The van der Waals surface area contributed by atoms with Crippen molar-refractivity contribution in [2.45, 2.75) is 0 Å². The number of pyridine rings is 2. The molecule has 1 atom stereocenters. The summed E-state index contributed by atoms with van der Waals surface area (Å²) in [5, 5.41) is 21.5. The highest BCUT2D eigenvalue weighted by Gasteiger charge is 2.20. The predicted octanol–water partition coefficient (Wildman–Crippen LogP) is 2.25. The smallest absolute Gasteiger partial charge is 0.333 e. The maximum Gasteiger partial charge on any atom is 0.333 e. The second-order valence-corrected chi connectivity index (χ2v) is 5.02. The highest BCUT2D eigenvalue weighted by molar-refractivity contribution is 6.05. The van der Waals surface area contributed by atoms with Crippen molar-refractivity contribution in [1.82, 2.24) is 9.97 Å². The zero-order valence-corrected chi connectivity index (χ0v) is 13.0. The van der Waals surface area contributed by atoms with Crippen molar-refractivity contribution in [1.29, 1.82) is 0 Å². The first-order valence-corrected chi connectivity index (χ1v) is 7.42. The second-order valence-electron chi connectivity index (χ2n) is 5.02. The average Bonchev–Trinajstić information content (AvgIpc) is 2.64. The highest BCUT2D eigenvalue weighted by atomic mass is 16.8. The van der Waals surface area contributed by atoms with Gasteiger partial charge >= 0.3 is 6.03 Å². The van der Waals surface area contributed by atoms with E-state index in [4.69, 9.17) is 5.21 Å². The third-order valence-corrected chi connectivity index (χ3v) is 3.34. The van der Waals surface area contributed by atoms with E-state index in [1.54, 1.807) is 48.8 Å². The molecule has 8 heteroatoms. The maximum absolute atomic E-state index is 12.8. The number of benzene rings is 1. The topological polar surface area (TPSA) is 106 Å². The SMILES string of the molecule is O=C(Nc1ccc([NH+]([O-])O)cc1)N(c1ccccn1)c1ccccn1. The van der Waals surface area contributed by atoms with Crippen molar-refractivity contribution in [2.24, 2.45) is 0 Å². The second kappa shape index (κ2) is 7.49. The van der Waals surface area contributed by atoms with E-state index in [0.717, 1.165) is 0 Å². The van der Waals surface area contributed by atoms with E-state index in [9.17, 15) is 10.0 Å². The molecule has 1 aromatic carbocycles. The third kappa shape index (κ3) is 3.96. The summed E-state index contributed by atoms with van der Waals surface area (Å²) in [4.78, 5) is 22.5. The summed E-state index contributed by atoms with van der Waals surface area (Å²) in [6.45, 7) is 0. The number of rotatable bonds is 4. The molecule has 0 aliphatic heterocycles. The number of nitrogens with zero attached hydrogens (tertiary/aromatic N) is 3. The lowest BCUT2D eigenvalue weighted by molar-refractivity contribution is -0.991. The molecule has 25 heavy (non-hydrogen) atoms. The van der Waals surface area contributed by atoms with Gasteiger partial charge in [-0.1, -0.05) is 12.1 Å². The van der Waals surface area contributed by atoms with Gasteiger partial charge in [-0.05, 0) is 36.4 Å². The molecule has 0 saturated heterocycles. The van der Waals surface area contributed by atoms with Crippen molar-refractivity contribution < 1.29 is 15.2 Å². The zero-order valence-electron chi connectivity index (χ0n) is 13.0. The normalized spacial score (nSPS) is 11.6. The summed E-state index contributed by atoms with van der Waals surface area (Å²) in [5.74, 6) is 0.835. The lowest BCUT2D eigenvalue weighted by Gasteiger charge is -2.21. The molecule has 2 amide bonds. The van der Waals surface area contributed by atoms with Crippen LogP contribution >= 0.6 is 0 Å². The minimum atomic E-state index is -1.03. The Balaban J connectivity index is 1.87. The van der Waals surface area contributed by atoms with Crippen molar-refractivity contribution in [2.75, 3.05) is 10.2 Å². The molecular formula is C17H15N5O3. The fourth-order valence-electron chi connectivity index (χ4n) is 2.17. The number of carbonyl (C=O) groups is 1. The van der Waals surface area contributed by atoms with Crippen LogP contribution in [0.4, 0.5) is 27.8 Å². The number of quaternary nitrogens is 1. The number of aromatic nitrogens is 2. The van der Waals surface area contributed by atoms with Crippen molar-refractivity contribution in [3.63, 3.8) is 0 Å². The summed E-state index contributed by atoms with van der Waals surface area (Å²) >= 11 is 0. The Morgan fingerprint density at radius 2 is 1.52 bits per heavy atom. The van der Waals surface area contributed by atoms with Crippen LogP contribution in [0.3, 0.4) is 0 Å². The van der Waals surface area contributed by atoms with E-state index >= 15 is 0 Å². The number of amides is 2. The first kappa shape index (κ1) is 16.5. The van der Waals surface area contributed by atoms with Crippen LogP contribution in [0, 0.1) is 5.21 Å². The number of nitrogens with one attached hydrogen (secondary N) is 2. The van der Waals surface area contributed by atoms with Gasteiger partial charge in [-0.15, -0.1) is 0 Å². The fourth-order valence-corrected chi connectivity index (χ4v) is 2.17. The molecule has 126 valence electrons. The van der Waals surface area contributed by atoms with Gasteiger partial charge < -0.3 is 10.5 Å². The Kier molecular flexibility index (Phi) is 4.95. The number of hydrogen-bond donors (Lipinski definition) is 3. The predicted molar refractivity (Wildman–Crippen MR) is 91.8 cm³/mol. The summed E-state index contributed by atoms with van der Waals surface area (Å²) in [7, 11) is 0. The summed E-state index contributed by atoms with van der Waals surface area (Å²) < 4.78 is 0. The Labute approximate surface area is 143 Å². The van der Waals surface area contributed by atoms with Crippen LogP contribution in [0.5, 0.6) is 0 Å². The van der Waals surface area contributed by atoms with E-state index in [2.05, 4.69) is 15.3 Å². The minimum absolute atomic E-state index is 0.143. The van der Waals surface area contributed by atoms with Crippen LogP contribution in [0.1, 0.15) is 0 Å². The van der Waals surface area contributed by atoms with Gasteiger partial charge in [0.25, 0.3) is 0 Å². The molecule has 1 unspecified atom stereocenters. The van der Waals surface area contributed by atoms with E-state index in [1.807, 2.05) is 0 Å². The Morgan fingerprint density at radius 1 is 0.960 bits per heavy atom. The molecule has 0 saturated carbocycles. The highest BCUT2D eigenvalue weighted by Crippen LogP contribution is 2.22. The monoisotopic (exact) mass is 337 g/mol. The molecule has 0 radical (unpaired) electrons. The van der Waals surface area contributed by atoms with Crippen molar-refractivity contribution >= 4 is 29.0 Å². The zero-order chi connectivity index (χ0) is 17.6. The molecule has 0 aliphatic carbocycles. The van der Waals surface area contributed by atoms with E-state index in [0.29, 0.717) is 17.3 Å². The molecule has 0 aliphatic rings. The molecule has 3 rings (SSSR count). The maximum atomic E-state index is 12.8. The Bertz CT molecular complexity index is 786. The molecule has 8 nitrogen and oxygen atoms in total. The minimum Gasteiger partial charge on any atom is -0.595 e. The van der Waals surface area contributed by atoms with Gasteiger partial charge in [-0.25, -0.2) is 24.9 Å². The number of carbonyl (C=O) groups excluding carboxylic acids is 1. The standard InChI is InChI=1S/C17H15N5O3/c23-17(20-13-7-9-14(10-8-13)22(24)25)21(15-5-1-3-11-18-15)16-6-2-4-12-19-16/h1-12,22,24H,(H,20,23). The van der Waals surface area contributed by atoms with Gasteiger partial charge in [-0.3, -0.25) is 0 Å². The molecule has 2 heterocycles. The Morgan fingerprint density at radius 3 is 1.96 bits per heavy atom. The molecule has 3 aromatic rings. The summed E-state index contributed by atoms with van der Waals surface area (Å²) in [5.41, 5.74) is 0.608. The van der Waals surface area contributed by atoms with Gasteiger partial charge in [0, 0.05) is 30.2 Å². The molecular weight excluding hydrogens is 322 g/mol. The van der Waals surface area contributed by atoms with Gasteiger partial charge in [0.2, 0.25) is 0 Å². The summed E-state index contributed by atoms with van der Waals surface area (Å²) in [6.07, 6.45) is 3.17. The van der Waals surface area contributed by atoms with Crippen LogP contribution in [-0.2, 0) is 0 Å². The molecule has 0 spiro atoms. The van der Waals surface area contributed by atoms with Crippen molar-refractivity contribution in [3.8, 4) is 0 Å². The van der Waals surface area contributed by atoms with Gasteiger partial charge in [0.1, 0.15) is 11.6 Å². The molecule has 0 fully saturated rings. The van der Waals surface area contributed by atoms with Crippen LogP contribution in [0.2, 0.25) is 0 Å². The lowest BCUT2D eigenvalue weighted by Crippen LogP contribution is -2.99. The van der Waals surface area contributed by atoms with Crippen LogP contribution in [-0.4, -0.2) is 21.2 Å². The van der Waals surface area contributed by atoms with Gasteiger partial charge in [-0.2, -0.15) is 5.23 Å². The summed E-state index contributed by atoms with van der Waals surface area (Å²) in [6, 6.07) is 15.9. The molecule has 0 bridgehead atoms. The van der Waals surface area contributed by atoms with Crippen molar-refractivity contribution in [3.05, 3.63) is 78.3 Å². The van der Waals surface area contributed by atoms with E-state index in [-0.39, 0.29) is 5.69 Å². The van der Waals surface area contributed by atoms with E-state index < -0.39 is 11.3 Å².